The van der Waals surface area contributed by atoms with Gasteiger partial charge in [0.25, 0.3) is 0 Å². The Morgan fingerprint density at radius 2 is 2.43 bits per heavy atom. The number of nitriles is 1. The van der Waals surface area contributed by atoms with Crippen molar-refractivity contribution in [2.24, 2.45) is 0 Å². The third-order valence-electron chi connectivity index (χ3n) is 0.539. The number of nitrogens with one attached hydrogen (secondary N) is 1. The largest absolute Gasteiger partial charge is 0.396 e. The molecular formula is C4H8N2O. The summed E-state index contributed by atoms with van der Waals surface area (Å²) < 4.78 is 0. The fraction of sp³-hybridized carbons (Fsp3) is 0.750. The maximum Gasteiger partial charge on any atom is 0.176 e. The summed E-state index contributed by atoms with van der Waals surface area (Å²) >= 11 is 0. The molecule has 2 N–H and O–H groups in total. The van der Waals surface area contributed by atoms with Crippen LogP contribution < -0.4 is 5.32 Å². The van der Waals surface area contributed by atoms with Gasteiger partial charge in [0.05, 0.1) is 0 Å². The zero-order valence-corrected chi connectivity index (χ0v) is 4.02. The summed E-state index contributed by atoms with van der Waals surface area (Å²) in [6.07, 6.45) is 2.39. The molecule has 0 radical (unpaired) electrons. The van der Waals surface area contributed by atoms with Crippen LogP contribution in [0.3, 0.4) is 0 Å². The van der Waals surface area contributed by atoms with E-state index in [2.05, 4.69) is 5.32 Å². The van der Waals surface area contributed by atoms with Crippen LogP contribution in [0.2, 0.25) is 0 Å². The average molecular weight is 100 g/mol. The fourth-order valence-electron chi connectivity index (χ4n) is 0.223. The first-order chi connectivity index (χ1) is 3.41. The number of aliphatic hydroxyl groups is 1. The molecule has 0 rings (SSSR count). The van der Waals surface area contributed by atoms with Gasteiger partial charge in [-0.1, -0.05) is 0 Å². The average Bonchev–Trinajstić information content (AvgIpc) is 1.69. The van der Waals surface area contributed by atoms with E-state index in [0.717, 1.165) is 0 Å². The van der Waals surface area contributed by atoms with Crippen molar-refractivity contribution < 1.29 is 5.11 Å². The molecule has 0 aliphatic heterocycles. The first kappa shape index (κ1) is 6.25. The molecule has 0 heterocycles. The predicted octanol–water partition coefficient (Wildman–Crippen LogP) is -0.561. The van der Waals surface area contributed by atoms with Gasteiger partial charge in [-0.15, -0.1) is 0 Å². The molecule has 0 amide bonds. The van der Waals surface area contributed by atoms with Crippen molar-refractivity contribution in [3.05, 3.63) is 0 Å². The second-order valence-corrected chi connectivity index (χ2v) is 1.12. The Labute approximate surface area is 42.6 Å². The number of rotatable bonds is 3. The highest BCUT2D eigenvalue weighted by Crippen LogP contribution is 1.67. The van der Waals surface area contributed by atoms with Crippen LogP contribution in [-0.2, 0) is 0 Å². The smallest absolute Gasteiger partial charge is 0.176 e. The van der Waals surface area contributed by atoms with Crippen LogP contribution in [0.15, 0.2) is 0 Å². The van der Waals surface area contributed by atoms with Crippen molar-refractivity contribution in [3.8, 4) is 6.19 Å². The Morgan fingerprint density at radius 1 is 1.71 bits per heavy atom. The van der Waals surface area contributed by atoms with E-state index >= 15 is 0 Å². The lowest BCUT2D eigenvalue weighted by Gasteiger charge is -1.88. The predicted molar refractivity (Wildman–Crippen MR) is 25.3 cm³/mol. The van der Waals surface area contributed by atoms with E-state index in [1.165, 1.54) is 0 Å². The zero-order valence-electron chi connectivity index (χ0n) is 4.02. The quantitative estimate of drug-likeness (QED) is 0.284. The molecule has 0 aromatic heterocycles. The summed E-state index contributed by atoms with van der Waals surface area (Å²) in [7, 11) is 0. The van der Waals surface area contributed by atoms with E-state index in [9.17, 15) is 0 Å². The highest BCUT2D eigenvalue weighted by Gasteiger charge is 1.77. The Balaban J connectivity index is 2.60. The fourth-order valence-corrected chi connectivity index (χ4v) is 0.223. The molecule has 7 heavy (non-hydrogen) atoms. The summed E-state index contributed by atoms with van der Waals surface area (Å²) in [5, 5.41) is 18.4. The number of nitrogens with zero attached hydrogens (tertiary/aromatic N) is 1. The van der Waals surface area contributed by atoms with Gasteiger partial charge < -0.3 is 10.4 Å². The summed E-state index contributed by atoms with van der Waals surface area (Å²) in [4.78, 5) is 0. The third-order valence-corrected chi connectivity index (χ3v) is 0.539. The lowest BCUT2D eigenvalue weighted by Crippen LogP contribution is -2.07. The van der Waals surface area contributed by atoms with E-state index in [1.54, 1.807) is 6.19 Å². The van der Waals surface area contributed by atoms with Crippen LogP contribution >= 0.6 is 0 Å². The van der Waals surface area contributed by atoms with E-state index in [1.807, 2.05) is 0 Å². The van der Waals surface area contributed by atoms with Gasteiger partial charge in [0.2, 0.25) is 0 Å². The molecule has 0 aromatic carbocycles. The van der Waals surface area contributed by atoms with Crippen molar-refractivity contribution in [2.75, 3.05) is 13.2 Å². The normalized spacial score (nSPS) is 7.43. The monoisotopic (exact) mass is 100 g/mol. The maximum atomic E-state index is 8.14. The minimum Gasteiger partial charge on any atom is -0.396 e. The topological polar surface area (TPSA) is 56.0 Å². The van der Waals surface area contributed by atoms with Gasteiger partial charge in [-0.25, -0.2) is 0 Å². The molecule has 0 unspecified atom stereocenters. The number of hydrogen-bond acceptors (Lipinski definition) is 3. The van der Waals surface area contributed by atoms with E-state index in [0.29, 0.717) is 13.0 Å². The Bertz CT molecular complexity index is 66.6. The molecule has 0 aliphatic carbocycles. The van der Waals surface area contributed by atoms with Crippen LogP contribution in [0.25, 0.3) is 0 Å². The van der Waals surface area contributed by atoms with Crippen molar-refractivity contribution in [1.82, 2.24) is 5.32 Å². The lowest BCUT2D eigenvalue weighted by atomic mass is 10.5. The van der Waals surface area contributed by atoms with Crippen LogP contribution in [-0.4, -0.2) is 18.3 Å². The van der Waals surface area contributed by atoms with Gasteiger partial charge in [-0.05, 0) is 6.42 Å². The first-order valence-corrected chi connectivity index (χ1v) is 2.14. The molecule has 3 nitrogen and oxygen atoms in total. The molecule has 0 bridgehead atoms. The summed E-state index contributed by atoms with van der Waals surface area (Å²) in [6.45, 7) is 0.724. The number of hydrogen-bond donors (Lipinski definition) is 2. The van der Waals surface area contributed by atoms with Crippen LogP contribution in [0.1, 0.15) is 6.42 Å². The van der Waals surface area contributed by atoms with Gasteiger partial charge in [-0.3, -0.25) is 0 Å². The maximum absolute atomic E-state index is 8.14. The molecular weight excluding hydrogens is 92.1 g/mol. The number of aliphatic hydroxyl groups excluding tert-OH is 1. The van der Waals surface area contributed by atoms with Gasteiger partial charge in [0.15, 0.2) is 6.19 Å². The molecule has 0 fully saturated rings. The summed E-state index contributed by atoms with van der Waals surface area (Å²) in [5.74, 6) is 0. The Kier molecular flexibility index (Phi) is 4.69. The molecule has 0 spiro atoms. The Hall–Kier alpha value is -0.750. The van der Waals surface area contributed by atoms with Crippen molar-refractivity contribution >= 4 is 0 Å². The lowest BCUT2D eigenvalue weighted by molar-refractivity contribution is 0.288. The Morgan fingerprint density at radius 3 is 2.86 bits per heavy atom. The molecule has 0 atom stereocenters. The summed E-state index contributed by atoms with van der Waals surface area (Å²) in [6, 6.07) is 0. The minimum absolute atomic E-state index is 0.147. The standard InChI is InChI=1S/C4H8N2O/c5-4-6-2-1-3-7/h6-7H,1-3H2. The van der Waals surface area contributed by atoms with Crippen molar-refractivity contribution in [2.45, 2.75) is 6.42 Å². The molecule has 40 valence electrons. The van der Waals surface area contributed by atoms with Crippen molar-refractivity contribution in [3.63, 3.8) is 0 Å². The highest BCUT2D eigenvalue weighted by molar-refractivity contribution is 4.62. The molecule has 0 aromatic rings. The van der Waals surface area contributed by atoms with Gasteiger partial charge in [0, 0.05) is 13.2 Å². The highest BCUT2D eigenvalue weighted by atomic mass is 16.3. The molecule has 0 aliphatic rings. The van der Waals surface area contributed by atoms with E-state index in [4.69, 9.17) is 10.4 Å². The zero-order chi connectivity index (χ0) is 5.54. The molecule has 0 saturated heterocycles. The minimum atomic E-state index is 0.147. The van der Waals surface area contributed by atoms with Crippen LogP contribution in [0.5, 0.6) is 0 Å². The molecule has 0 saturated carbocycles. The van der Waals surface area contributed by atoms with Gasteiger partial charge >= 0.3 is 0 Å². The van der Waals surface area contributed by atoms with E-state index in [-0.39, 0.29) is 6.61 Å². The second-order valence-electron chi connectivity index (χ2n) is 1.12. The van der Waals surface area contributed by atoms with Gasteiger partial charge in [-0.2, -0.15) is 5.26 Å². The van der Waals surface area contributed by atoms with E-state index < -0.39 is 0 Å². The summed E-state index contributed by atoms with van der Waals surface area (Å²) in [5.41, 5.74) is 0. The van der Waals surface area contributed by atoms with Crippen molar-refractivity contribution in [1.29, 1.82) is 5.26 Å². The van der Waals surface area contributed by atoms with Gasteiger partial charge in [0.1, 0.15) is 0 Å². The first-order valence-electron chi connectivity index (χ1n) is 2.14. The SMILES string of the molecule is N#CNCCCO. The second kappa shape index (κ2) is 5.25. The third kappa shape index (κ3) is 5.25. The molecule has 3 heteroatoms. The van der Waals surface area contributed by atoms with Crippen LogP contribution in [0, 0.1) is 11.5 Å². The van der Waals surface area contributed by atoms with Crippen LogP contribution in [0.4, 0.5) is 0 Å².